The number of unbranched alkanes of at least 4 members (excludes halogenated alkanes) is 1. The Labute approximate surface area is 114 Å². The molecule has 4 heteroatoms. The summed E-state index contributed by atoms with van der Waals surface area (Å²) in [4.78, 5) is 0. The first-order valence-corrected chi connectivity index (χ1v) is 6.89. The van der Waals surface area contributed by atoms with Crippen molar-refractivity contribution in [3.8, 4) is 0 Å². The minimum atomic E-state index is -0.161. The number of aliphatic hydroxyl groups is 1. The van der Waals surface area contributed by atoms with Gasteiger partial charge >= 0.3 is 0 Å². The fourth-order valence-electron chi connectivity index (χ4n) is 2.26. The highest BCUT2D eigenvalue weighted by Gasteiger charge is 2.19. The van der Waals surface area contributed by atoms with Gasteiger partial charge in [-0.3, -0.25) is 4.68 Å². The molecule has 0 aliphatic rings. The van der Waals surface area contributed by atoms with Gasteiger partial charge in [-0.25, -0.2) is 0 Å². The normalized spacial score (nSPS) is 14.7. The largest absolute Gasteiger partial charge is 0.394 e. The van der Waals surface area contributed by atoms with E-state index in [1.54, 1.807) is 0 Å². The molecule has 1 aromatic carbocycles. The molecule has 1 atom stereocenters. The Balaban J connectivity index is 1.86. The lowest BCUT2D eigenvalue weighted by atomic mass is 9.96. The van der Waals surface area contributed by atoms with E-state index in [1.807, 2.05) is 25.4 Å². The number of para-hydroxylation sites is 1. The van der Waals surface area contributed by atoms with Crippen molar-refractivity contribution in [2.45, 2.75) is 38.3 Å². The van der Waals surface area contributed by atoms with Gasteiger partial charge in [0.05, 0.1) is 18.3 Å². The van der Waals surface area contributed by atoms with Crippen LogP contribution in [0.1, 0.15) is 26.2 Å². The Morgan fingerprint density at radius 3 is 2.84 bits per heavy atom. The molecule has 0 amide bonds. The van der Waals surface area contributed by atoms with Crippen LogP contribution in [-0.4, -0.2) is 34.1 Å². The summed E-state index contributed by atoms with van der Waals surface area (Å²) in [5.41, 5.74) is 1.03. The maximum absolute atomic E-state index is 9.33. The van der Waals surface area contributed by atoms with E-state index in [4.69, 9.17) is 0 Å². The molecule has 104 valence electrons. The first-order chi connectivity index (χ1) is 9.18. The number of fused-ring (bicyclic) bond motifs is 1. The number of aromatic nitrogens is 2. The summed E-state index contributed by atoms with van der Waals surface area (Å²) in [5.74, 6) is 0. The average molecular weight is 261 g/mol. The highest BCUT2D eigenvalue weighted by atomic mass is 16.3. The summed E-state index contributed by atoms with van der Waals surface area (Å²) < 4.78 is 2.06. The molecule has 1 heterocycles. The van der Waals surface area contributed by atoms with Crippen molar-refractivity contribution in [1.82, 2.24) is 15.1 Å². The van der Waals surface area contributed by atoms with E-state index < -0.39 is 0 Å². The van der Waals surface area contributed by atoms with Crippen LogP contribution >= 0.6 is 0 Å². The van der Waals surface area contributed by atoms with Gasteiger partial charge in [-0.15, -0.1) is 0 Å². The maximum atomic E-state index is 9.33. The van der Waals surface area contributed by atoms with Crippen LogP contribution in [0.15, 0.2) is 30.5 Å². The Hall–Kier alpha value is -1.39. The Morgan fingerprint density at radius 2 is 2.11 bits per heavy atom. The summed E-state index contributed by atoms with van der Waals surface area (Å²) >= 11 is 0. The topological polar surface area (TPSA) is 50.1 Å². The van der Waals surface area contributed by atoms with Crippen LogP contribution in [0.2, 0.25) is 0 Å². The van der Waals surface area contributed by atoms with Crippen LogP contribution in [0.25, 0.3) is 10.9 Å². The van der Waals surface area contributed by atoms with Crippen molar-refractivity contribution in [1.29, 1.82) is 0 Å². The minimum Gasteiger partial charge on any atom is -0.394 e. The van der Waals surface area contributed by atoms with Gasteiger partial charge in [0.2, 0.25) is 0 Å². The van der Waals surface area contributed by atoms with Crippen LogP contribution in [-0.2, 0) is 6.54 Å². The molecule has 0 saturated carbocycles. The highest BCUT2D eigenvalue weighted by Crippen LogP contribution is 2.16. The molecule has 0 radical (unpaired) electrons. The number of aliphatic hydroxyl groups excluding tert-OH is 1. The number of likely N-dealkylation sites (N-methyl/N-ethyl adjacent to an activating group) is 1. The Kier molecular flexibility index (Phi) is 4.56. The lowest BCUT2D eigenvalue weighted by Crippen LogP contribution is -2.43. The second-order valence-electron chi connectivity index (χ2n) is 5.35. The van der Waals surface area contributed by atoms with Gasteiger partial charge < -0.3 is 10.4 Å². The first-order valence-electron chi connectivity index (χ1n) is 6.89. The molecule has 0 spiro atoms. The van der Waals surface area contributed by atoms with Crippen LogP contribution in [0, 0.1) is 0 Å². The van der Waals surface area contributed by atoms with Gasteiger partial charge in [0.15, 0.2) is 0 Å². The smallest absolute Gasteiger partial charge is 0.0682 e. The lowest BCUT2D eigenvalue weighted by molar-refractivity contribution is 0.170. The van der Waals surface area contributed by atoms with E-state index in [-0.39, 0.29) is 12.1 Å². The van der Waals surface area contributed by atoms with Crippen LogP contribution in [0.5, 0.6) is 0 Å². The van der Waals surface area contributed by atoms with Gasteiger partial charge in [0.1, 0.15) is 0 Å². The molecule has 0 fully saturated rings. The second kappa shape index (κ2) is 6.17. The van der Waals surface area contributed by atoms with Crippen molar-refractivity contribution in [3.05, 3.63) is 30.5 Å². The van der Waals surface area contributed by atoms with E-state index in [1.165, 1.54) is 10.9 Å². The fraction of sp³-hybridized carbons (Fsp3) is 0.533. The monoisotopic (exact) mass is 261 g/mol. The predicted molar refractivity (Wildman–Crippen MR) is 78.1 cm³/mol. The van der Waals surface area contributed by atoms with E-state index in [2.05, 4.69) is 34.2 Å². The zero-order valence-corrected chi connectivity index (χ0v) is 11.8. The Morgan fingerprint density at radius 1 is 1.32 bits per heavy atom. The minimum absolute atomic E-state index is 0.161. The van der Waals surface area contributed by atoms with Crippen molar-refractivity contribution < 1.29 is 5.11 Å². The predicted octanol–water partition coefficient (Wildman–Crippen LogP) is 2.18. The zero-order valence-electron chi connectivity index (χ0n) is 11.8. The second-order valence-corrected chi connectivity index (χ2v) is 5.35. The molecule has 2 rings (SSSR count). The number of nitrogens with zero attached hydrogens (tertiary/aromatic N) is 2. The summed E-state index contributed by atoms with van der Waals surface area (Å²) in [7, 11) is 1.90. The summed E-state index contributed by atoms with van der Waals surface area (Å²) in [5, 5.41) is 18.1. The third kappa shape index (κ3) is 3.33. The number of hydrogen-bond donors (Lipinski definition) is 2. The Bertz CT molecular complexity index is 517. The van der Waals surface area contributed by atoms with Gasteiger partial charge in [-0.2, -0.15) is 5.10 Å². The highest BCUT2D eigenvalue weighted by molar-refractivity contribution is 5.78. The van der Waals surface area contributed by atoms with Gasteiger partial charge in [-0.1, -0.05) is 18.2 Å². The van der Waals surface area contributed by atoms with E-state index in [0.29, 0.717) is 0 Å². The van der Waals surface area contributed by atoms with Gasteiger partial charge in [0.25, 0.3) is 0 Å². The van der Waals surface area contributed by atoms with Crippen molar-refractivity contribution >= 4 is 10.9 Å². The number of aryl methyl sites for hydroxylation is 1. The van der Waals surface area contributed by atoms with Gasteiger partial charge in [0, 0.05) is 17.5 Å². The number of rotatable bonds is 7. The third-order valence-electron chi connectivity index (χ3n) is 3.85. The van der Waals surface area contributed by atoms with Gasteiger partial charge in [-0.05, 0) is 39.3 Å². The molecule has 0 bridgehead atoms. The number of hydrogen-bond acceptors (Lipinski definition) is 3. The summed E-state index contributed by atoms with van der Waals surface area (Å²) in [6.07, 6.45) is 5.04. The summed E-state index contributed by atoms with van der Waals surface area (Å²) in [6, 6.07) is 8.27. The van der Waals surface area contributed by atoms with Crippen molar-refractivity contribution in [2.24, 2.45) is 0 Å². The lowest BCUT2D eigenvalue weighted by Gasteiger charge is -2.26. The molecule has 0 aliphatic heterocycles. The zero-order chi connectivity index (χ0) is 13.7. The van der Waals surface area contributed by atoms with Crippen LogP contribution in [0.4, 0.5) is 0 Å². The van der Waals surface area contributed by atoms with Crippen molar-refractivity contribution in [3.63, 3.8) is 0 Å². The maximum Gasteiger partial charge on any atom is 0.0682 e. The molecule has 2 aromatic rings. The fourth-order valence-corrected chi connectivity index (χ4v) is 2.26. The van der Waals surface area contributed by atoms with Crippen LogP contribution in [0.3, 0.4) is 0 Å². The number of benzene rings is 1. The first kappa shape index (κ1) is 14.0. The molecule has 4 nitrogen and oxygen atoms in total. The standard InChI is InChI=1S/C15H23N3O/c1-15(12-19,16-2)9-5-6-10-18-14-8-4-3-7-13(14)11-17-18/h3-4,7-8,11,16,19H,5-6,9-10,12H2,1-2H3. The molecule has 0 aliphatic carbocycles. The quantitative estimate of drug-likeness (QED) is 0.751. The summed E-state index contributed by atoms with van der Waals surface area (Å²) in [6.45, 7) is 3.16. The van der Waals surface area contributed by atoms with E-state index in [0.717, 1.165) is 25.8 Å². The molecule has 0 saturated heterocycles. The molecular formula is C15H23N3O. The third-order valence-corrected chi connectivity index (χ3v) is 3.85. The molecule has 2 N–H and O–H groups in total. The molecular weight excluding hydrogens is 238 g/mol. The molecule has 1 unspecified atom stereocenters. The van der Waals surface area contributed by atoms with E-state index >= 15 is 0 Å². The van der Waals surface area contributed by atoms with E-state index in [9.17, 15) is 5.11 Å². The number of nitrogens with one attached hydrogen (secondary N) is 1. The van der Waals surface area contributed by atoms with Crippen molar-refractivity contribution in [2.75, 3.05) is 13.7 Å². The molecule has 1 aromatic heterocycles. The molecule has 19 heavy (non-hydrogen) atoms. The van der Waals surface area contributed by atoms with Crippen LogP contribution < -0.4 is 5.32 Å². The SMILES string of the molecule is CNC(C)(CO)CCCCn1ncc2ccccc21. The average Bonchev–Trinajstić information content (AvgIpc) is 2.87.